The number of carbonyl (C=O) groups excluding carboxylic acids is 1. The lowest BCUT2D eigenvalue weighted by atomic mass is 10.0. The molecule has 1 heterocycles. The fraction of sp³-hybridized carbons (Fsp3) is 0.462. The first-order valence-corrected chi connectivity index (χ1v) is 6.11. The van der Waals surface area contributed by atoms with Crippen molar-refractivity contribution in [2.45, 2.75) is 18.9 Å². The maximum absolute atomic E-state index is 11.9. The second kappa shape index (κ2) is 5.68. The van der Waals surface area contributed by atoms with Crippen molar-refractivity contribution in [3.63, 3.8) is 0 Å². The monoisotopic (exact) mass is 233 g/mol. The number of hydrogen-bond donors (Lipinski definition) is 2. The number of nitrogens with zero attached hydrogens (tertiary/aromatic N) is 1. The highest BCUT2D eigenvalue weighted by molar-refractivity contribution is 5.75. The fourth-order valence-corrected chi connectivity index (χ4v) is 2.13. The molecule has 3 N–H and O–H groups in total. The van der Waals surface area contributed by atoms with E-state index in [1.54, 1.807) is 0 Å². The van der Waals surface area contributed by atoms with Crippen LogP contribution in [0.1, 0.15) is 24.4 Å². The molecular formula is C13H19N3O. The molecule has 2 amide bonds. The summed E-state index contributed by atoms with van der Waals surface area (Å²) in [5, 5.41) is 3.04. The molecule has 1 aliphatic rings. The number of amides is 2. The first kappa shape index (κ1) is 11.9. The summed E-state index contributed by atoms with van der Waals surface area (Å²) >= 11 is 0. The lowest BCUT2D eigenvalue weighted by molar-refractivity contribution is 0.174. The van der Waals surface area contributed by atoms with E-state index in [0.717, 1.165) is 25.9 Å². The number of nitrogens with two attached hydrogens (primary N) is 1. The number of benzene rings is 1. The van der Waals surface area contributed by atoms with Gasteiger partial charge in [0.15, 0.2) is 0 Å². The maximum atomic E-state index is 11.9. The number of rotatable bonds is 4. The van der Waals surface area contributed by atoms with E-state index in [4.69, 9.17) is 5.73 Å². The molecule has 92 valence electrons. The molecule has 1 unspecified atom stereocenters. The van der Waals surface area contributed by atoms with Crippen LogP contribution in [0.25, 0.3) is 0 Å². The third-order valence-corrected chi connectivity index (χ3v) is 3.11. The first-order chi connectivity index (χ1) is 8.31. The summed E-state index contributed by atoms with van der Waals surface area (Å²) in [4.78, 5) is 13.7. The van der Waals surface area contributed by atoms with Gasteiger partial charge in [-0.05, 0) is 24.9 Å². The van der Waals surface area contributed by atoms with Crippen molar-refractivity contribution in [1.82, 2.24) is 10.2 Å². The molecule has 0 aliphatic carbocycles. The summed E-state index contributed by atoms with van der Waals surface area (Å²) in [5.74, 6) is 0. The summed E-state index contributed by atoms with van der Waals surface area (Å²) in [6.45, 7) is 2.20. The van der Waals surface area contributed by atoms with Crippen LogP contribution >= 0.6 is 0 Å². The zero-order chi connectivity index (χ0) is 12.1. The molecule has 0 aromatic heterocycles. The number of nitrogens with one attached hydrogen (secondary N) is 1. The van der Waals surface area contributed by atoms with Crippen LogP contribution in [0, 0.1) is 0 Å². The van der Waals surface area contributed by atoms with Crippen LogP contribution in [-0.2, 0) is 0 Å². The summed E-state index contributed by atoms with van der Waals surface area (Å²) in [5.41, 5.74) is 6.63. The zero-order valence-corrected chi connectivity index (χ0v) is 9.93. The Hall–Kier alpha value is -1.55. The lowest BCUT2D eigenvalue weighted by Crippen LogP contribution is -2.48. The van der Waals surface area contributed by atoms with Gasteiger partial charge in [0.1, 0.15) is 0 Å². The number of carbonyl (C=O) groups is 1. The molecular weight excluding hydrogens is 214 g/mol. The molecule has 4 nitrogen and oxygen atoms in total. The molecule has 1 aromatic carbocycles. The van der Waals surface area contributed by atoms with Crippen molar-refractivity contribution >= 4 is 6.03 Å². The van der Waals surface area contributed by atoms with Crippen molar-refractivity contribution < 1.29 is 4.79 Å². The van der Waals surface area contributed by atoms with Crippen molar-refractivity contribution in [2.24, 2.45) is 5.73 Å². The molecule has 4 heteroatoms. The Morgan fingerprint density at radius 3 is 2.76 bits per heavy atom. The van der Waals surface area contributed by atoms with Crippen molar-refractivity contribution in [3.05, 3.63) is 35.9 Å². The summed E-state index contributed by atoms with van der Waals surface area (Å²) < 4.78 is 0. The molecule has 1 atom stereocenters. The van der Waals surface area contributed by atoms with Gasteiger partial charge in [0.05, 0.1) is 6.04 Å². The SMILES string of the molecule is NCCCN1CCC(c2ccccc2)NC1=O. The van der Waals surface area contributed by atoms with Crippen LogP contribution in [-0.4, -0.2) is 30.6 Å². The molecule has 1 aliphatic heterocycles. The van der Waals surface area contributed by atoms with Gasteiger partial charge in [-0.1, -0.05) is 30.3 Å². The van der Waals surface area contributed by atoms with Crippen molar-refractivity contribution in [2.75, 3.05) is 19.6 Å². The fourth-order valence-electron chi connectivity index (χ4n) is 2.13. The van der Waals surface area contributed by atoms with E-state index in [1.807, 2.05) is 23.1 Å². The minimum atomic E-state index is 0.0264. The van der Waals surface area contributed by atoms with Gasteiger partial charge < -0.3 is 16.0 Å². The molecule has 0 bridgehead atoms. The standard InChI is InChI=1S/C13H19N3O/c14-8-4-9-16-10-7-12(15-13(16)17)11-5-2-1-3-6-11/h1-3,5-6,12H,4,7-10,14H2,(H,15,17). The minimum absolute atomic E-state index is 0.0264. The molecule has 0 saturated carbocycles. The molecule has 1 saturated heterocycles. The second-order valence-corrected chi connectivity index (χ2v) is 4.33. The highest BCUT2D eigenvalue weighted by atomic mass is 16.2. The zero-order valence-electron chi connectivity index (χ0n) is 9.93. The van der Waals surface area contributed by atoms with Gasteiger partial charge in [-0.3, -0.25) is 0 Å². The van der Waals surface area contributed by atoms with E-state index in [1.165, 1.54) is 5.56 Å². The summed E-state index contributed by atoms with van der Waals surface area (Å²) in [6.07, 6.45) is 1.82. The summed E-state index contributed by atoms with van der Waals surface area (Å²) in [7, 11) is 0. The smallest absolute Gasteiger partial charge is 0.317 e. The average molecular weight is 233 g/mol. The van der Waals surface area contributed by atoms with E-state index in [2.05, 4.69) is 17.4 Å². The quantitative estimate of drug-likeness (QED) is 0.827. The normalized spacial score (nSPS) is 20.2. The molecule has 17 heavy (non-hydrogen) atoms. The van der Waals surface area contributed by atoms with Crippen LogP contribution in [0.3, 0.4) is 0 Å². The summed E-state index contributed by atoms with van der Waals surface area (Å²) in [6, 6.07) is 10.3. The third-order valence-electron chi connectivity index (χ3n) is 3.11. The Labute approximate surface area is 102 Å². The van der Waals surface area contributed by atoms with Gasteiger partial charge >= 0.3 is 6.03 Å². The lowest BCUT2D eigenvalue weighted by Gasteiger charge is -2.33. The predicted molar refractivity (Wildman–Crippen MR) is 67.6 cm³/mol. The maximum Gasteiger partial charge on any atom is 0.317 e. The van der Waals surface area contributed by atoms with Crippen LogP contribution in [0.15, 0.2) is 30.3 Å². The van der Waals surface area contributed by atoms with E-state index in [0.29, 0.717) is 6.54 Å². The van der Waals surface area contributed by atoms with E-state index in [9.17, 15) is 4.79 Å². The van der Waals surface area contributed by atoms with Gasteiger partial charge in [0.25, 0.3) is 0 Å². The molecule has 0 radical (unpaired) electrons. The third kappa shape index (κ3) is 2.97. The van der Waals surface area contributed by atoms with Gasteiger partial charge in [-0.25, -0.2) is 4.79 Å². The van der Waals surface area contributed by atoms with E-state index in [-0.39, 0.29) is 12.1 Å². The Morgan fingerprint density at radius 2 is 2.12 bits per heavy atom. The van der Waals surface area contributed by atoms with Gasteiger partial charge in [0.2, 0.25) is 0 Å². The van der Waals surface area contributed by atoms with Gasteiger partial charge in [-0.2, -0.15) is 0 Å². The highest BCUT2D eigenvalue weighted by Crippen LogP contribution is 2.20. The second-order valence-electron chi connectivity index (χ2n) is 4.33. The molecule has 0 spiro atoms. The molecule has 1 fully saturated rings. The average Bonchev–Trinajstić information content (AvgIpc) is 2.38. The largest absolute Gasteiger partial charge is 0.331 e. The minimum Gasteiger partial charge on any atom is -0.331 e. The van der Waals surface area contributed by atoms with Gasteiger partial charge in [0, 0.05) is 13.1 Å². The molecule has 2 rings (SSSR count). The number of hydrogen-bond acceptors (Lipinski definition) is 2. The van der Waals surface area contributed by atoms with E-state index < -0.39 is 0 Å². The van der Waals surface area contributed by atoms with Crippen LogP contribution < -0.4 is 11.1 Å². The number of urea groups is 1. The van der Waals surface area contributed by atoms with Crippen LogP contribution in [0.5, 0.6) is 0 Å². The van der Waals surface area contributed by atoms with Crippen molar-refractivity contribution in [3.8, 4) is 0 Å². The van der Waals surface area contributed by atoms with Gasteiger partial charge in [-0.15, -0.1) is 0 Å². The predicted octanol–water partition coefficient (Wildman–Crippen LogP) is 1.49. The highest BCUT2D eigenvalue weighted by Gasteiger charge is 2.24. The molecule has 1 aromatic rings. The Bertz CT molecular complexity index is 366. The van der Waals surface area contributed by atoms with E-state index >= 15 is 0 Å². The Morgan fingerprint density at radius 1 is 1.35 bits per heavy atom. The Kier molecular flexibility index (Phi) is 3.98. The van der Waals surface area contributed by atoms with Crippen LogP contribution in [0.2, 0.25) is 0 Å². The topological polar surface area (TPSA) is 58.4 Å². The Balaban J connectivity index is 1.93. The van der Waals surface area contributed by atoms with Crippen molar-refractivity contribution in [1.29, 1.82) is 0 Å². The van der Waals surface area contributed by atoms with Crippen LogP contribution in [0.4, 0.5) is 4.79 Å². The first-order valence-electron chi connectivity index (χ1n) is 6.11.